The summed E-state index contributed by atoms with van der Waals surface area (Å²) in [4.78, 5) is 0. The fourth-order valence-corrected chi connectivity index (χ4v) is 5.56. The number of aryl methyl sites for hydroxylation is 1. The lowest BCUT2D eigenvalue weighted by Crippen LogP contribution is -2.50. The number of hydrogen-bond acceptors (Lipinski definition) is 2. The molecule has 4 aliphatic rings. The van der Waals surface area contributed by atoms with E-state index in [-0.39, 0.29) is 0 Å². The largest absolute Gasteiger partial charge is 0.469 e. The predicted molar refractivity (Wildman–Crippen MR) is 75.8 cm³/mol. The summed E-state index contributed by atoms with van der Waals surface area (Å²) in [6.07, 6.45) is 10.9. The van der Waals surface area contributed by atoms with Crippen molar-refractivity contribution in [2.24, 2.45) is 23.2 Å². The quantitative estimate of drug-likeness (QED) is 0.887. The Kier molecular flexibility index (Phi) is 2.77. The Hall–Kier alpha value is -0.760. The molecule has 1 heterocycles. The molecule has 4 aliphatic carbocycles. The van der Waals surface area contributed by atoms with E-state index in [1.807, 2.05) is 0 Å². The van der Waals surface area contributed by atoms with Gasteiger partial charge in [-0.25, -0.2) is 0 Å². The molecule has 2 nitrogen and oxygen atoms in total. The van der Waals surface area contributed by atoms with E-state index in [0.717, 1.165) is 30.1 Å². The first-order valence-corrected chi connectivity index (χ1v) is 7.96. The lowest BCUT2D eigenvalue weighted by atomic mass is 9.49. The second-order valence-electron chi connectivity index (χ2n) is 7.52. The summed E-state index contributed by atoms with van der Waals surface area (Å²) in [6.45, 7) is 4.26. The van der Waals surface area contributed by atoms with Crippen LogP contribution >= 0.6 is 0 Å². The summed E-state index contributed by atoms with van der Waals surface area (Å²) in [6, 6.07) is 2.10. The molecule has 0 aliphatic heterocycles. The zero-order valence-corrected chi connectivity index (χ0v) is 12.0. The van der Waals surface area contributed by atoms with Gasteiger partial charge in [-0.05, 0) is 74.7 Å². The molecule has 5 rings (SSSR count). The molecule has 0 spiro atoms. The van der Waals surface area contributed by atoms with Crippen molar-refractivity contribution in [1.82, 2.24) is 5.32 Å². The van der Waals surface area contributed by atoms with Crippen LogP contribution in [0.3, 0.4) is 0 Å². The van der Waals surface area contributed by atoms with Crippen molar-refractivity contribution in [3.8, 4) is 0 Å². The molecule has 1 N–H and O–H groups in total. The van der Waals surface area contributed by atoms with E-state index >= 15 is 0 Å². The summed E-state index contributed by atoms with van der Waals surface area (Å²) in [5, 5.41) is 3.73. The molecular weight excluding hydrogens is 234 g/mol. The Bertz CT molecular complexity index is 426. The van der Waals surface area contributed by atoms with Gasteiger partial charge in [0.2, 0.25) is 0 Å². The lowest BCUT2D eigenvalue weighted by Gasteiger charge is -2.57. The third-order valence-electron chi connectivity index (χ3n) is 5.95. The molecule has 104 valence electrons. The van der Waals surface area contributed by atoms with E-state index in [0.29, 0.717) is 5.41 Å². The Morgan fingerprint density at radius 2 is 1.79 bits per heavy atom. The van der Waals surface area contributed by atoms with Gasteiger partial charge in [0, 0.05) is 18.7 Å². The van der Waals surface area contributed by atoms with Gasteiger partial charge in [-0.1, -0.05) is 0 Å². The van der Waals surface area contributed by atoms with Gasteiger partial charge in [0.1, 0.15) is 5.76 Å². The summed E-state index contributed by atoms with van der Waals surface area (Å²) >= 11 is 0. The van der Waals surface area contributed by atoms with E-state index in [1.165, 1.54) is 31.4 Å². The second kappa shape index (κ2) is 4.37. The van der Waals surface area contributed by atoms with Gasteiger partial charge in [-0.3, -0.25) is 0 Å². The van der Waals surface area contributed by atoms with Crippen LogP contribution in [0.5, 0.6) is 0 Å². The van der Waals surface area contributed by atoms with Crippen molar-refractivity contribution < 1.29 is 4.42 Å². The van der Waals surface area contributed by atoms with Crippen LogP contribution in [0.2, 0.25) is 0 Å². The fourth-order valence-electron chi connectivity index (χ4n) is 5.56. The van der Waals surface area contributed by atoms with Crippen molar-refractivity contribution in [2.45, 2.75) is 52.0 Å². The van der Waals surface area contributed by atoms with Crippen molar-refractivity contribution in [2.75, 3.05) is 6.54 Å². The van der Waals surface area contributed by atoms with Crippen LogP contribution in [0, 0.1) is 30.1 Å². The average molecular weight is 259 g/mol. The third-order valence-corrected chi connectivity index (χ3v) is 5.95. The average Bonchev–Trinajstić information content (AvgIpc) is 2.73. The SMILES string of the molecule is Cc1occc1CNCC12CC3CC(CC(C3)C1)C2. The van der Waals surface area contributed by atoms with Crippen LogP contribution in [-0.4, -0.2) is 6.54 Å². The zero-order chi connectivity index (χ0) is 12.9. The molecule has 0 amide bonds. The van der Waals surface area contributed by atoms with Gasteiger partial charge in [-0.2, -0.15) is 0 Å². The van der Waals surface area contributed by atoms with Gasteiger partial charge in [-0.15, -0.1) is 0 Å². The lowest BCUT2D eigenvalue weighted by molar-refractivity contribution is -0.0514. The molecule has 0 radical (unpaired) electrons. The van der Waals surface area contributed by atoms with E-state index < -0.39 is 0 Å². The summed E-state index contributed by atoms with van der Waals surface area (Å²) in [5.41, 5.74) is 1.97. The minimum atomic E-state index is 0.645. The molecule has 19 heavy (non-hydrogen) atoms. The van der Waals surface area contributed by atoms with Gasteiger partial charge in [0.25, 0.3) is 0 Å². The van der Waals surface area contributed by atoms with Crippen molar-refractivity contribution in [3.05, 3.63) is 23.7 Å². The molecule has 1 aromatic heterocycles. The molecule has 0 unspecified atom stereocenters. The Morgan fingerprint density at radius 3 is 2.32 bits per heavy atom. The number of hydrogen-bond donors (Lipinski definition) is 1. The van der Waals surface area contributed by atoms with Crippen LogP contribution in [0.1, 0.15) is 49.8 Å². The summed E-state index contributed by atoms with van der Waals surface area (Å²) in [5.74, 6) is 4.24. The Balaban J connectivity index is 1.39. The Morgan fingerprint density at radius 1 is 1.16 bits per heavy atom. The predicted octanol–water partition coefficient (Wildman–Crippen LogP) is 3.89. The van der Waals surface area contributed by atoms with Crippen molar-refractivity contribution in [1.29, 1.82) is 0 Å². The standard InChI is InChI=1S/C17H25NO/c1-12-16(2-3-19-12)10-18-11-17-7-13-4-14(8-17)6-15(5-13)9-17/h2-3,13-15,18H,4-11H2,1H3. The highest BCUT2D eigenvalue weighted by Gasteiger charge is 2.50. The summed E-state index contributed by atoms with van der Waals surface area (Å²) < 4.78 is 5.37. The highest BCUT2D eigenvalue weighted by Crippen LogP contribution is 2.59. The molecule has 0 saturated heterocycles. The van der Waals surface area contributed by atoms with Crippen LogP contribution in [0.4, 0.5) is 0 Å². The molecule has 0 atom stereocenters. The topological polar surface area (TPSA) is 25.2 Å². The maximum atomic E-state index is 5.37. The van der Waals surface area contributed by atoms with Gasteiger partial charge < -0.3 is 9.73 Å². The normalized spacial score (nSPS) is 39.9. The second-order valence-corrected chi connectivity index (χ2v) is 7.52. The van der Waals surface area contributed by atoms with Crippen LogP contribution in [-0.2, 0) is 6.54 Å². The highest BCUT2D eigenvalue weighted by atomic mass is 16.3. The Labute approximate surface area is 116 Å². The maximum Gasteiger partial charge on any atom is 0.105 e. The van der Waals surface area contributed by atoms with Gasteiger partial charge in [0.05, 0.1) is 6.26 Å². The van der Waals surface area contributed by atoms with Crippen LogP contribution < -0.4 is 5.32 Å². The number of nitrogens with one attached hydrogen (secondary N) is 1. The minimum Gasteiger partial charge on any atom is -0.469 e. The first-order chi connectivity index (χ1) is 9.22. The van der Waals surface area contributed by atoms with Gasteiger partial charge >= 0.3 is 0 Å². The molecule has 4 saturated carbocycles. The highest BCUT2D eigenvalue weighted by molar-refractivity contribution is 5.15. The molecule has 2 heteroatoms. The molecule has 0 aromatic carbocycles. The number of furan rings is 1. The monoisotopic (exact) mass is 259 g/mol. The van der Waals surface area contributed by atoms with E-state index in [4.69, 9.17) is 4.42 Å². The van der Waals surface area contributed by atoms with Crippen LogP contribution in [0.15, 0.2) is 16.7 Å². The first kappa shape index (κ1) is 12.0. The smallest absolute Gasteiger partial charge is 0.105 e. The van der Waals surface area contributed by atoms with Crippen molar-refractivity contribution >= 4 is 0 Å². The summed E-state index contributed by atoms with van der Waals surface area (Å²) in [7, 11) is 0. The molecular formula is C17H25NO. The molecule has 1 aromatic rings. The van der Waals surface area contributed by atoms with Crippen LogP contribution in [0.25, 0.3) is 0 Å². The third kappa shape index (κ3) is 2.14. The van der Waals surface area contributed by atoms with E-state index in [2.05, 4.69) is 18.3 Å². The van der Waals surface area contributed by atoms with E-state index in [1.54, 1.807) is 25.5 Å². The number of rotatable bonds is 4. The fraction of sp³-hybridized carbons (Fsp3) is 0.765. The first-order valence-electron chi connectivity index (χ1n) is 7.96. The zero-order valence-electron chi connectivity index (χ0n) is 12.0. The molecule has 4 bridgehead atoms. The molecule has 4 fully saturated rings. The maximum absolute atomic E-state index is 5.37. The van der Waals surface area contributed by atoms with E-state index in [9.17, 15) is 0 Å². The minimum absolute atomic E-state index is 0.645. The van der Waals surface area contributed by atoms with Crippen molar-refractivity contribution in [3.63, 3.8) is 0 Å². The van der Waals surface area contributed by atoms with Gasteiger partial charge in [0.15, 0.2) is 0 Å².